The van der Waals surface area contributed by atoms with Crippen LogP contribution < -0.4 is 0 Å². The van der Waals surface area contributed by atoms with Crippen molar-refractivity contribution in [3.8, 4) is 0 Å². The van der Waals surface area contributed by atoms with Crippen LogP contribution in [0.5, 0.6) is 0 Å². The number of hydrogen-bond donors (Lipinski definition) is 0. The zero-order valence-electron chi connectivity index (χ0n) is 14.9. The second kappa shape index (κ2) is 9.22. The van der Waals surface area contributed by atoms with E-state index in [9.17, 15) is 0 Å². The lowest BCUT2D eigenvalue weighted by atomic mass is 9.99. The van der Waals surface area contributed by atoms with Crippen LogP contribution in [0.1, 0.15) is 49.9 Å². The summed E-state index contributed by atoms with van der Waals surface area (Å²) in [5.41, 5.74) is 4.52. The third kappa shape index (κ3) is 5.94. The maximum atomic E-state index is 6.56. The molecule has 2 aromatic rings. The lowest BCUT2D eigenvalue weighted by Crippen LogP contribution is -2.09. The van der Waals surface area contributed by atoms with Gasteiger partial charge in [-0.25, -0.2) is 0 Å². The van der Waals surface area contributed by atoms with Gasteiger partial charge in [0.25, 0.3) is 0 Å². The summed E-state index contributed by atoms with van der Waals surface area (Å²) in [5.74, 6) is 0. The second-order valence-corrected chi connectivity index (χ2v) is 6.93. The molecule has 24 heavy (non-hydrogen) atoms. The number of ether oxygens (including phenoxy) is 2. The Morgan fingerprint density at radius 2 is 1.71 bits per heavy atom. The molecule has 0 aromatic heterocycles. The summed E-state index contributed by atoms with van der Waals surface area (Å²) in [6, 6.07) is 15.4. The third-order valence-electron chi connectivity index (χ3n) is 3.66. The first kappa shape index (κ1) is 19.0. The highest BCUT2D eigenvalue weighted by Gasteiger charge is 2.12. The van der Waals surface area contributed by atoms with Gasteiger partial charge >= 0.3 is 0 Å². The standard InChI is InChI=1S/C21H26ClO2/c1-15(2)23-13-19-11-18(10-17-8-6-5-7-9-17)12-21(22)20(19)14-24-16(3)4/h5-6,8-9,11-12,15-16H,10,13-14H2,1-4H3. The van der Waals surface area contributed by atoms with Gasteiger partial charge in [-0.1, -0.05) is 41.9 Å². The summed E-state index contributed by atoms with van der Waals surface area (Å²) in [5, 5.41) is 0.746. The fraction of sp³-hybridized carbons (Fsp3) is 0.429. The number of benzene rings is 2. The van der Waals surface area contributed by atoms with Crippen molar-refractivity contribution in [1.82, 2.24) is 0 Å². The molecular weight excluding hydrogens is 320 g/mol. The molecular formula is C21H26ClO2. The molecule has 0 spiro atoms. The molecule has 2 aromatic carbocycles. The van der Waals surface area contributed by atoms with Gasteiger partial charge in [-0.15, -0.1) is 0 Å². The van der Waals surface area contributed by atoms with Crippen molar-refractivity contribution in [3.05, 3.63) is 69.7 Å². The van der Waals surface area contributed by atoms with Crippen molar-refractivity contribution in [2.24, 2.45) is 0 Å². The van der Waals surface area contributed by atoms with Gasteiger partial charge in [0.05, 0.1) is 25.4 Å². The van der Waals surface area contributed by atoms with Crippen molar-refractivity contribution in [2.45, 2.75) is 59.5 Å². The molecule has 3 heteroatoms. The van der Waals surface area contributed by atoms with E-state index < -0.39 is 0 Å². The molecule has 129 valence electrons. The van der Waals surface area contributed by atoms with Crippen molar-refractivity contribution in [2.75, 3.05) is 0 Å². The van der Waals surface area contributed by atoms with Crippen LogP contribution in [0, 0.1) is 6.07 Å². The fourth-order valence-electron chi connectivity index (χ4n) is 2.43. The summed E-state index contributed by atoms with van der Waals surface area (Å²) in [6.07, 6.45) is 1.17. The zero-order chi connectivity index (χ0) is 17.5. The Kier molecular flexibility index (Phi) is 7.29. The smallest absolute Gasteiger partial charge is 0.0738 e. The van der Waals surface area contributed by atoms with Crippen molar-refractivity contribution in [1.29, 1.82) is 0 Å². The first-order valence-corrected chi connectivity index (χ1v) is 8.82. The minimum Gasteiger partial charge on any atom is -0.374 e. The molecule has 0 aliphatic rings. The maximum Gasteiger partial charge on any atom is 0.0738 e. The van der Waals surface area contributed by atoms with Crippen molar-refractivity contribution in [3.63, 3.8) is 0 Å². The predicted molar refractivity (Wildman–Crippen MR) is 99.4 cm³/mol. The monoisotopic (exact) mass is 345 g/mol. The largest absolute Gasteiger partial charge is 0.374 e. The lowest BCUT2D eigenvalue weighted by Gasteiger charge is -2.17. The average Bonchev–Trinajstić information content (AvgIpc) is 2.52. The van der Waals surface area contributed by atoms with Crippen LogP contribution in [0.25, 0.3) is 0 Å². The number of rotatable bonds is 8. The predicted octanol–water partition coefficient (Wildman–Crippen LogP) is 5.58. The Balaban J connectivity index is 2.26. The van der Waals surface area contributed by atoms with Crippen LogP contribution in [0.15, 0.2) is 36.4 Å². The topological polar surface area (TPSA) is 18.5 Å². The van der Waals surface area contributed by atoms with E-state index in [1.807, 2.05) is 52.0 Å². The van der Waals surface area contributed by atoms with Crippen LogP contribution in [0.2, 0.25) is 5.02 Å². The Bertz CT molecular complexity index is 636. The molecule has 0 aliphatic heterocycles. The molecule has 1 radical (unpaired) electrons. The van der Waals surface area contributed by atoms with E-state index in [-0.39, 0.29) is 12.2 Å². The van der Waals surface area contributed by atoms with E-state index >= 15 is 0 Å². The third-order valence-corrected chi connectivity index (χ3v) is 4.00. The zero-order valence-corrected chi connectivity index (χ0v) is 15.7. The quantitative estimate of drug-likeness (QED) is 0.621. The van der Waals surface area contributed by atoms with Crippen LogP contribution in [0.4, 0.5) is 0 Å². The number of halogens is 1. The summed E-state index contributed by atoms with van der Waals surface area (Å²) < 4.78 is 11.6. The van der Waals surface area contributed by atoms with Gasteiger partial charge in [0.15, 0.2) is 0 Å². The van der Waals surface area contributed by atoms with Crippen LogP contribution >= 0.6 is 11.6 Å². The van der Waals surface area contributed by atoms with E-state index in [0.717, 1.165) is 22.6 Å². The molecule has 0 heterocycles. The molecule has 0 N–H and O–H groups in total. The van der Waals surface area contributed by atoms with Crippen molar-refractivity contribution < 1.29 is 9.47 Å². The summed E-state index contributed by atoms with van der Waals surface area (Å²) in [4.78, 5) is 0. The van der Waals surface area contributed by atoms with Crippen LogP contribution in [-0.4, -0.2) is 12.2 Å². The van der Waals surface area contributed by atoms with Crippen LogP contribution in [-0.2, 0) is 29.1 Å². The van der Waals surface area contributed by atoms with Crippen LogP contribution in [0.3, 0.4) is 0 Å². The van der Waals surface area contributed by atoms with E-state index in [1.165, 1.54) is 11.1 Å². The second-order valence-electron chi connectivity index (χ2n) is 6.52. The first-order chi connectivity index (χ1) is 11.5. The molecule has 0 unspecified atom stereocenters. The fourth-order valence-corrected chi connectivity index (χ4v) is 2.75. The minimum atomic E-state index is 0.166. The SMILES string of the molecule is CC(C)OCc1cc(Cc2c[c]ccc2)cc(Cl)c1COC(C)C. The molecule has 0 fully saturated rings. The van der Waals surface area contributed by atoms with Gasteiger partial charge in [0.1, 0.15) is 0 Å². The van der Waals surface area contributed by atoms with Gasteiger partial charge < -0.3 is 9.47 Å². The highest BCUT2D eigenvalue weighted by atomic mass is 35.5. The van der Waals surface area contributed by atoms with Gasteiger partial charge in [-0.05, 0) is 62.9 Å². The van der Waals surface area contributed by atoms with Gasteiger partial charge in [-0.3, -0.25) is 0 Å². The maximum absolute atomic E-state index is 6.56. The molecule has 0 bridgehead atoms. The Hall–Kier alpha value is -1.35. The Labute approximate surface area is 150 Å². The summed E-state index contributed by atoms with van der Waals surface area (Å²) in [6.45, 7) is 9.18. The summed E-state index contributed by atoms with van der Waals surface area (Å²) in [7, 11) is 0. The lowest BCUT2D eigenvalue weighted by molar-refractivity contribution is 0.0538. The summed E-state index contributed by atoms with van der Waals surface area (Å²) >= 11 is 6.56. The van der Waals surface area contributed by atoms with E-state index in [1.54, 1.807) is 0 Å². The molecule has 2 rings (SSSR count). The molecule has 0 aliphatic carbocycles. The van der Waals surface area contributed by atoms with Gasteiger partial charge in [-0.2, -0.15) is 0 Å². The molecule has 0 amide bonds. The minimum absolute atomic E-state index is 0.166. The first-order valence-electron chi connectivity index (χ1n) is 8.44. The number of hydrogen-bond acceptors (Lipinski definition) is 2. The highest BCUT2D eigenvalue weighted by Crippen LogP contribution is 2.26. The highest BCUT2D eigenvalue weighted by molar-refractivity contribution is 6.31. The molecule has 2 nitrogen and oxygen atoms in total. The van der Waals surface area contributed by atoms with Gasteiger partial charge in [0, 0.05) is 10.6 Å². The molecule has 0 saturated heterocycles. The molecule has 0 saturated carbocycles. The normalized spacial score (nSPS) is 11.5. The molecule has 0 atom stereocenters. The average molecular weight is 346 g/mol. The Morgan fingerprint density at radius 3 is 2.33 bits per heavy atom. The van der Waals surface area contributed by atoms with Gasteiger partial charge in [0.2, 0.25) is 0 Å². The van der Waals surface area contributed by atoms with Crippen molar-refractivity contribution >= 4 is 11.6 Å². The van der Waals surface area contributed by atoms with E-state index in [2.05, 4.69) is 18.2 Å². The Morgan fingerprint density at radius 1 is 1.00 bits per heavy atom. The van der Waals surface area contributed by atoms with E-state index in [0.29, 0.717) is 13.2 Å². The van der Waals surface area contributed by atoms with E-state index in [4.69, 9.17) is 21.1 Å².